The summed E-state index contributed by atoms with van der Waals surface area (Å²) in [4.78, 5) is 26.1. The number of hydrogen-bond donors (Lipinski definition) is 1. The zero-order valence-corrected chi connectivity index (χ0v) is 15.9. The van der Waals surface area contributed by atoms with Crippen molar-refractivity contribution in [3.63, 3.8) is 0 Å². The molecule has 7 nitrogen and oxygen atoms in total. The molecule has 0 aromatic rings. The highest BCUT2D eigenvalue weighted by Gasteiger charge is 2.43. The lowest BCUT2D eigenvalue weighted by Gasteiger charge is -2.46. The molecule has 8 heteroatoms. The van der Waals surface area contributed by atoms with Gasteiger partial charge in [-0.15, -0.1) is 0 Å². The van der Waals surface area contributed by atoms with E-state index in [0.717, 1.165) is 0 Å². The van der Waals surface area contributed by atoms with E-state index < -0.39 is 21.4 Å². The highest BCUT2D eigenvalue weighted by molar-refractivity contribution is 7.93. The standard InChI is InChI=1S/C16H29N3O4S/c1-12(2)14(18-13(3)20)15(21)19-7-8-23-16(11-19)5-9-24(22,17-4)10-6-16/h12,14H,5-11H2,1-4H3,(H,18,20)/t14-,16?,24?/m1/s1. The number of nitrogens with one attached hydrogen (secondary N) is 1. The van der Waals surface area contributed by atoms with Crippen molar-refractivity contribution >= 4 is 21.5 Å². The Labute approximate surface area is 144 Å². The molecular weight excluding hydrogens is 330 g/mol. The van der Waals surface area contributed by atoms with E-state index in [1.165, 1.54) is 6.92 Å². The number of amides is 2. The Morgan fingerprint density at radius 2 is 1.92 bits per heavy atom. The zero-order chi connectivity index (χ0) is 18.0. The first-order chi connectivity index (χ1) is 11.2. The van der Waals surface area contributed by atoms with Gasteiger partial charge in [-0.05, 0) is 18.8 Å². The summed E-state index contributed by atoms with van der Waals surface area (Å²) in [5.74, 6) is 0.792. The van der Waals surface area contributed by atoms with Gasteiger partial charge in [0.2, 0.25) is 11.8 Å². The highest BCUT2D eigenvalue weighted by atomic mass is 32.2. The van der Waals surface area contributed by atoms with Crippen molar-refractivity contribution in [3.8, 4) is 0 Å². The van der Waals surface area contributed by atoms with E-state index in [-0.39, 0.29) is 17.7 Å². The molecule has 1 spiro atoms. The van der Waals surface area contributed by atoms with Gasteiger partial charge in [-0.3, -0.25) is 9.59 Å². The Morgan fingerprint density at radius 1 is 1.29 bits per heavy atom. The molecule has 2 saturated heterocycles. The Morgan fingerprint density at radius 3 is 2.42 bits per heavy atom. The molecule has 0 radical (unpaired) electrons. The van der Waals surface area contributed by atoms with Gasteiger partial charge in [0.25, 0.3) is 0 Å². The van der Waals surface area contributed by atoms with E-state index in [0.29, 0.717) is 44.0 Å². The quantitative estimate of drug-likeness (QED) is 0.801. The maximum absolute atomic E-state index is 12.9. The summed E-state index contributed by atoms with van der Waals surface area (Å²) in [6, 6.07) is -0.517. The largest absolute Gasteiger partial charge is 0.371 e. The maximum atomic E-state index is 12.9. The Bertz CT molecular complexity index is 596. The van der Waals surface area contributed by atoms with Gasteiger partial charge in [-0.25, -0.2) is 8.57 Å². The second-order valence-electron chi connectivity index (χ2n) is 7.08. The Kier molecular flexibility index (Phi) is 5.91. The minimum Gasteiger partial charge on any atom is -0.371 e. The van der Waals surface area contributed by atoms with Gasteiger partial charge in [0.05, 0.1) is 12.2 Å². The molecule has 0 saturated carbocycles. The van der Waals surface area contributed by atoms with Crippen molar-refractivity contribution < 1.29 is 18.5 Å². The van der Waals surface area contributed by atoms with Crippen LogP contribution < -0.4 is 5.32 Å². The van der Waals surface area contributed by atoms with Crippen LogP contribution in [0.25, 0.3) is 0 Å². The maximum Gasteiger partial charge on any atom is 0.245 e. The number of carbonyl (C=O) groups is 2. The van der Waals surface area contributed by atoms with Crippen molar-refractivity contribution in [1.29, 1.82) is 0 Å². The van der Waals surface area contributed by atoms with E-state index >= 15 is 0 Å². The fraction of sp³-hybridized carbons (Fsp3) is 0.875. The molecule has 0 aliphatic carbocycles. The smallest absolute Gasteiger partial charge is 0.245 e. The number of nitrogens with zero attached hydrogens (tertiary/aromatic N) is 2. The van der Waals surface area contributed by atoms with Gasteiger partial charge >= 0.3 is 0 Å². The van der Waals surface area contributed by atoms with Crippen molar-refractivity contribution in [2.24, 2.45) is 10.3 Å². The van der Waals surface area contributed by atoms with E-state index in [9.17, 15) is 13.8 Å². The topological polar surface area (TPSA) is 88.1 Å². The minimum atomic E-state index is -2.10. The fourth-order valence-corrected chi connectivity index (χ4v) is 5.32. The monoisotopic (exact) mass is 359 g/mol. The summed E-state index contributed by atoms with van der Waals surface area (Å²) in [6.07, 6.45) is 1.30. The van der Waals surface area contributed by atoms with Gasteiger partial charge in [0.1, 0.15) is 6.04 Å². The van der Waals surface area contributed by atoms with E-state index in [1.54, 1.807) is 11.9 Å². The molecule has 1 N–H and O–H groups in total. The summed E-state index contributed by atoms with van der Waals surface area (Å²) in [7, 11) is -0.493. The molecule has 2 amide bonds. The molecule has 2 rings (SSSR count). The predicted molar refractivity (Wildman–Crippen MR) is 93.2 cm³/mol. The van der Waals surface area contributed by atoms with Crippen LogP contribution in [0.4, 0.5) is 0 Å². The molecule has 0 unspecified atom stereocenters. The van der Waals surface area contributed by atoms with Crippen molar-refractivity contribution in [2.45, 2.75) is 45.3 Å². The van der Waals surface area contributed by atoms with Crippen LogP contribution in [0.1, 0.15) is 33.6 Å². The number of morpholine rings is 1. The third kappa shape index (κ3) is 4.27. The van der Waals surface area contributed by atoms with Crippen LogP contribution in [0.3, 0.4) is 0 Å². The molecule has 0 bridgehead atoms. The number of hydrogen-bond acceptors (Lipinski definition) is 5. The van der Waals surface area contributed by atoms with Crippen LogP contribution in [0.2, 0.25) is 0 Å². The molecule has 138 valence electrons. The highest BCUT2D eigenvalue weighted by Crippen LogP contribution is 2.32. The average molecular weight is 359 g/mol. The molecular formula is C16H29N3O4S. The second kappa shape index (κ2) is 7.39. The van der Waals surface area contributed by atoms with Crippen LogP contribution in [0.15, 0.2) is 4.36 Å². The van der Waals surface area contributed by atoms with E-state index in [2.05, 4.69) is 9.68 Å². The first-order valence-corrected chi connectivity index (χ1v) is 10.4. The first-order valence-electron chi connectivity index (χ1n) is 8.51. The normalized spacial score (nSPS) is 31.8. The van der Waals surface area contributed by atoms with Gasteiger partial charge < -0.3 is 15.0 Å². The lowest BCUT2D eigenvalue weighted by Crippen LogP contribution is -2.60. The molecule has 0 aromatic heterocycles. The van der Waals surface area contributed by atoms with Crippen LogP contribution in [-0.4, -0.2) is 70.8 Å². The first kappa shape index (κ1) is 19.2. The second-order valence-corrected chi connectivity index (χ2v) is 9.80. The number of carbonyl (C=O) groups excluding carboxylic acids is 2. The summed E-state index contributed by atoms with van der Waals surface area (Å²) in [5.41, 5.74) is -0.419. The molecule has 0 aromatic carbocycles. The minimum absolute atomic E-state index is 0.0178. The van der Waals surface area contributed by atoms with Crippen molar-refractivity contribution in [3.05, 3.63) is 0 Å². The summed E-state index contributed by atoms with van der Waals surface area (Å²) in [5, 5.41) is 2.76. The third-order valence-electron chi connectivity index (χ3n) is 4.94. The molecule has 2 aliphatic heterocycles. The zero-order valence-electron chi connectivity index (χ0n) is 15.0. The van der Waals surface area contributed by atoms with Gasteiger partial charge in [-0.1, -0.05) is 13.8 Å². The SMILES string of the molecule is CN=S1(=O)CCC2(CC1)CN(C(=O)[C@H](NC(C)=O)C(C)C)CCO2. The van der Waals surface area contributed by atoms with E-state index in [1.807, 2.05) is 13.8 Å². The Hall–Kier alpha value is -1.15. The van der Waals surface area contributed by atoms with E-state index in [4.69, 9.17) is 4.74 Å². The van der Waals surface area contributed by atoms with Crippen LogP contribution in [-0.2, 0) is 24.1 Å². The average Bonchev–Trinajstić information content (AvgIpc) is 2.55. The van der Waals surface area contributed by atoms with Crippen LogP contribution >= 0.6 is 0 Å². The lowest BCUT2D eigenvalue weighted by atomic mass is 9.93. The Balaban J connectivity index is 2.08. The van der Waals surface area contributed by atoms with Crippen LogP contribution in [0, 0.1) is 5.92 Å². The molecule has 2 fully saturated rings. The predicted octanol–water partition coefficient (Wildman–Crippen LogP) is 0.636. The van der Waals surface area contributed by atoms with Crippen molar-refractivity contribution in [1.82, 2.24) is 10.2 Å². The number of rotatable bonds is 3. The molecule has 2 aliphatic rings. The third-order valence-corrected chi connectivity index (χ3v) is 7.29. The molecule has 24 heavy (non-hydrogen) atoms. The summed E-state index contributed by atoms with van der Waals surface area (Å²) >= 11 is 0. The van der Waals surface area contributed by atoms with Gasteiger partial charge in [0.15, 0.2) is 0 Å². The fourth-order valence-electron chi connectivity index (χ4n) is 3.37. The molecule has 2 heterocycles. The number of ether oxygens (including phenoxy) is 1. The van der Waals surface area contributed by atoms with Crippen LogP contribution in [0.5, 0.6) is 0 Å². The van der Waals surface area contributed by atoms with Gasteiger partial charge in [-0.2, -0.15) is 0 Å². The van der Waals surface area contributed by atoms with Gasteiger partial charge in [0, 0.05) is 48.3 Å². The van der Waals surface area contributed by atoms with Crippen molar-refractivity contribution in [2.75, 3.05) is 38.2 Å². The summed E-state index contributed by atoms with van der Waals surface area (Å²) < 4.78 is 22.4. The molecule has 1 atom stereocenters. The summed E-state index contributed by atoms with van der Waals surface area (Å²) in [6.45, 7) is 6.77. The lowest BCUT2D eigenvalue weighted by molar-refractivity contribution is -0.155.